The predicted molar refractivity (Wildman–Crippen MR) is 119 cm³/mol. The van der Waals surface area contributed by atoms with Gasteiger partial charge in [-0.05, 0) is 25.0 Å². The Morgan fingerprint density at radius 3 is 1.82 bits per heavy atom. The third-order valence-corrected chi connectivity index (χ3v) is 9.18. The lowest BCUT2D eigenvalue weighted by molar-refractivity contribution is -0.277. The maximum Gasteiger partial charge on any atom is 0.373 e. The Labute approximate surface area is 171 Å². The zero-order chi connectivity index (χ0) is 20.2. The average molecular weight is 401 g/mol. The van der Waals surface area contributed by atoms with Gasteiger partial charge in [0, 0.05) is 0 Å². The molecule has 1 aromatic rings. The number of benzene rings is 1. The molecule has 0 spiro atoms. The van der Waals surface area contributed by atoms with Gasteiger partial charge in [0.05, 0.1) is 5.56 Å². The lowest BCUT2D eigenvalue weighted by Crippen LogP contribution is -2.40. The Morgan fingerprint density at radius 1 is 0.893 bits per heavy atom. The highest BCUT2D eigenvalue weighted by molar-refractivity contribution is 6.98. The lowest BCUT2D eigenvalue weighted by atomic mass is 9.99. The molecule has 0 heterocycles. The first-order valence-electron chi connectivity index (χ1n) is 10.8. The minimum atomic E-state index is -1.86. The van der Waals surface area contributed by atoms with Crippen molar-refractivity contribution in [1.82, 2.24) is 0 Å². The van der Waals surface area contributed by atoms with E-state index in [0.29, 0.717) is 5.56 Å². The van der Waals surface area contributed by atoms with E-state index in [1.54, 1.807) is 12.1 Å². The monoisotopic (exact) mass is 400 g/mol. The molecule has 0 saturated heterocycles. The van der Waals surface area contributed by atoms with E-state index in [2.05, 4.69) is 19.7 Å². The SMILES string of the molecule is C=C[Si](C)(C=C)c1ccc(C(=O)OOC2CCCCCCCCCCC2)cc1. The normalized spacial score (nSPS) is 17.8. The molecular formula is C24H36O3Si. The average Bonchev–Trinajstić information content (AvgIpc) is 2.72. The molecule has 0 bridgehead atoms. The molecular weight excluding hydrogens is 364 g/mol. The summed E-state index contributed by atoms with van der Waals surface area (Å²) in [5.74, 6) is -0.418. The fourth-order valence-electron chi connectivity index (χ4n) is 3.67. The van der Waals surface area contributed by atoms with E-state index >= 15 is 0 Å². The maximum atomic E-state index is 12.4. The van der Waals surface area contributed by atoms with Crippen LogP contribution in [0.5, 0.6) is 0 Å². The van der Waals surface area contributed by atoms with E-state index in [9.17, 15) is 4.79 Å². The van der Waals surface area contributed by atoms with Crippen LogP contribution in [0.25, 0.3) is 0 Å². The highest BCUT2D eigenvalue weighted by atomic mass is 28.3. The Morgan fingerprint density at radius 2 is 1.36 bits per heavy atom. The van der Waals surface area contributed by atoms with E-state index in [1.165, 1.54) is 50.1 Å². The van der Waals surface area contributed by atoms with Crippen LogP contribution in [0.1, 0.15) is 81.0 Å². The van der Waals surface area contributed by atoms with E-state index in [1.807, 2.05) is 23.5 Å². The molecule has 0 amide bonds. The molecule has 0 aliphatic heterocycles. The van der Waals surface area contributed by atoms with Crippen molar-refractivity contribution in [2.75, 3.05) is 0 Å². The van der Waals surface area contributed by atoms with Crippen molar-refractivity contribution in [2.45, 2.75) is 83.3 Å². The number of carbonyl (C=O) groups is 1. The van der Waals surface area contributed by atoms with Gasteiger partial charge >= 0.3 is 5.97 Å². The molecule has 1 fully saturated rings. The van der Waals surface area contributed by atoms with E-state index < -0.39 is 14.0 Å². The zero-order valence-electron chi connectivity index (χ0n) is 17.5. The predicted octanol–water partition coefficient (Wildman–Crippen LogP) is 6.18. The maximum absolute atomic E-state index is 12.4. The summed E-state index contributed by atoms with van der Waals surface area (Å²) in [5.41, 5.74) is 4.49. The topological polar surface area (TPSA) is 35.5 Å². The quantitative estimate of drug-likeness (QED) is 0.325. The van der Waals surface area contributed by atoms with Gasteiger partial charge in [-0.15, -0.1) is 13.2 Å². The second-order valence-corrected chi connectivity index (χ2v) is 12.1. The molecule has 1 aliphatic rings. The van der Waals surface area contributed by atoms with Crippen LogP contribution < -0.4 is 5.19 Å². The second kappa shape index (κ2) is 12.0. The molecule has 1 saturated carbocycles. The molecule has 1 aromatic carbocycles. The van der Waals surface area contributed by atoms with Gasteiger partial charge in [0.25, 0.3) is 0 Å². The highest BCUT2D eigenvalue weighted by Crippen LogP contribution is 2.19. The standard InChI is InChI=1S/C24H36O3Si/c1-4-28(3,5-2)23-19-17-21(18-20-23)24(25)27-26-22-15-13-11-9-7-6-8-10-12-14-16-22/h4-5,17-20,22H,1-2,6-16H2,3H3. The van der Waals surface area contributed by atoms with Crippen molar-refractivity contribution in [2.24, 2.45) is 0 Å². The molecule has 154 valence electrons. The number of hydrogen-bond donors (Lipinski definition) is 0. The second-order valence-electron chi connectivity index (χ2n) is 8.12. The first-order chi connectivity index (χ1) is 13.6. The fourth-order valence-corrected chi connectivity index (χ4v) is 5.19. The molecule has 3 nitrogen and oxygen atoms in total. The molecule has 28 heavy (non-hydrogen) atoms. The van der Waals surface area contributed by atoms with Crippen molar-refractivity contribution in [1.29, 1.82) is 0 Å². The van der Waals surface area contributed by atoms with Gasteiger partial charge in [0.2, 0.25) is 0 Å². The summed E-state index contributed by atoms with van der Waals surface area (Å²) in [6.45, 7) is 10.0. The van der Waals surface area contributed by atoms with Gasteiger partial charge in [-0.3, -0.25) is 4.89 Å². The molecule has 4 heteroatoms. The number of carbonyl (C=O) groups excluding carboxylic acids is 1. The van der Waals surface area contributed by atoms with Crippen LogP contribution in [0.4, 0.5) is 0 Å². The Kier molecular flexibility index (Phi) is 9.72. The molecule has 1 aliphatic carbocycles. The van der Waals surface area contributed by atoms with Crippen LogP contribution >= 0.6 is 0 Å². The van der Waals surface area contributed by atoms with Crippen molar-refractivity contribution in [3.05, 3.63) is 54.4 Å². The molecule has 0 aromatic heterocycles. The van der Waals surface area contributed by atoms with E-state index in [0.717, 1.165) is 25.7 Å². The van der Waals surface area contributed by atoms with Crippen molar-refractivity contribution in [3.63, 3.8) is 0 Å². The summed E-state index contributed by atoms with van der Waals surface area (Å²) in [4.78, 5) is 23.2. The summed E-state index contributed by atoms with van der Waals surface area (Å²) in [5, 5.41) is 1.18. The van der Waals surface area contributed by atoms with Crippen LogP contribution in [0, 0.1) is 0 Å². The third kappa shape index (κ3) is 7.06. The summed E-state index contributed by atoms with van der Waals surface area (Å²) < 4.78 is 0. The van der Waals surface area contributed by atoms with Crippen LogP contribution in [0.2, 0.25) is 6.55 Å². The van der Waals surface area contributed by atoms with Gasteiger partial charge in [-0.2, -0.15) is 4.89 Å². The van der Waals surface area contributed by atoms with Gasteiger partial charge in [0.15, 0.2) is 0 Å². The summed E-state index contributed by atoms with van der Waals surface area (Å²) in [6, 6.07) is 7.56. The van der Waals surface area contributed by atoms with Crippen molar-refractivity contribution in [3.8, 4) is 0 Å². The highest BCUT2D eigenvalue weighted by Gasteiger charge is 2.22. The van der Waals surface area contributed by atoms with Gasteiger partial charge in [-0.25, -0.2) is 4.79 Å². The van der Waals surface area contributed by atoms with E-state index in [4.69, 9.17) is 9.78 Å². The summed E-state index contributed by atoms with van der Waals surface area (Å²) >= 11 is 0. The molecule has 2 rings (SSSR count). The lowest BCUT2D eigenvalue weighted by Gasteiger charge is -2.19. The fraction of sp³-hybridized carbons (Fsp3) is 0.542. The molecule has 0 radical (unpaired) electrons. The number of hydrogen-bond acceptors (Lipinski definition) is 3. The molecule has 0 N–H and O–H groups in total. The smallest absolute Gasteiger partial charge is 0.293 e. The molecule has 0 atom stereocenters. The van der Waals surface area contributed by atoms with Gasteiger partial charge in [0.1, 0.15) is 14.2 Å². The Hall–Kier alpha value is -1.65. The third-order valence-electron chi connectivity index (χ3n) is 5.90. The first kappa shape index (κ1) is 22.6. The Balaban J connectivity index is 1.88. The van der Waals surface area contributed by atoms with Crippen LogP contribution in [0.15, 0.2) is 48.8 Å². The first-order valence-corrected chi connectivity index (χ1v) is 13.5. The zero-order valence-corrected chi connectivity index (χ0v) is 18.5. The van der Waals surface area contributed by atoms with Crippen molar-refractivity contribution >= 4 is 19.2 Å². The van der Waals surface area contributed by atoms with Crippen molar-refractivity contribution < 1.29 is 14.6 Å². The minimum absolute atomic E-state index is 0.0138. The summed E-state index contributed by atoms with van der Waals surface area (Å²) in [6.07, 6.45) is 13.4. The minimum Gasteiger partial charge on any atom is -0.293 e. The van der Waals surface area contributed by atoms with Gasteiger partial charge < -0.3 is 0 Å². The van der Waals surface area contributed by atoms with Crippen LogP contribution in [-0.2, 0) is 9.78 Å². The molecule has 0 unspecified atom stereocenters. The number of rotatable bonds is 6. The van der Waals surface area contributed by atoms with Crippen LogP contribution in [0.3, 0.4) is 0 Å². The Bertz CT molecular complexity index is 603. The van der Waals surface area contributed by atoms with Crippen LogP contribution in [-0.4, -0.2) is 20.1 Å². The summed E-state index contributed by atoms with van der Waals surface area (Å²) in [7, 11) is -1.86. The van der Waals surface area contributed by atoms with Gasteiger partial charge in [-0.1, -0.05) is 93.1 Å². The van der Waals surface area contributed by atoms with E-state index in [-0.39, 0.29) is 6.10 Å². The largest absolute Gasteiger partial charge is 0.373 e.